The highest BCUT2D eigenvalue weighted by Gasteiger charge is 2.32. The summed E-state index contributed by atoms with van der Waals surface area (Å²) >= 11 is 0. The Morgan fingerprint density at radius 2 is 2.07 bits per heavy atom. The summed E-state index contributed by atoms with van der Waals surface area (Å²) in [6.45, 7) is 2.38. The first kappa shape index (κ1) is 18.0. The van der Waals surface area contributed by atoms with Crippen molar-refractivity contribution in [1.29, 1.82) is 0 Å². The molecule has 1 saturated heterocycles. The van der Waals surface area contributed by atoms with Crippen LogP contribution in [0.3, 0.4) is 0 Å². The molecule has 2 aromatic carbocycles. The summed E-state index contributed by atoms with van der Waals surface area (Å²) in [5.74, 6) is 0.597. The number of alkyl halides is 3. The molecule has 1 N–H and O–H groups in total. The molecule has 1 aliphatic rings. The molecule has 4 nitrogen and oxygen atoms in total. The third-order valence-electron chi connectivity index (χ3n) is 5.05. The number of ether oxygens (including phenoxy) is 1. The van der Waals surface area contributed by atoms with Crippen LogP contribution in [0.5, 0.6) is 0 Å². The van der Waals surface area contributed by atoms with E-state index in [0.29, 0.717) is 17.9 Å². The van der Waals surface area contributed by atoms with Gasteiger partial charge in [0.1, 0.15) is 11.9 Å². The van der Waals surface area contributed by atoms with Gasteiger partial charge in [0.2, 0.25) is 0 Å². The first-order valence-corrected chi connectivity index (χ1v) is 8.81. The second kappa shape index (κ2) is 6.65. The van der Waals surface area contributed by atoms with Crippen molar-refractivity contribution in [3.63, 3.8) is 0 Å². The number of nitrogens with zero attached hydrogens (tertiary/aromatic N) is 2. The Morgan fingerprint density at radius 3 is 2.74 bits per heavy atom. The van der Waals surface area contributed by atoms with Gasteiger partial charge in [0.05, 0.1) is 28.9 Å². The predicted octanol–water partition coefficient (Wildman–Crippen LogP) is 4.70. The van der Waals surface area contributed by atoms with Gasteiger partial charge in [0.25, 0.3) is 0 Å². The maximum absolute atomic E-state index is 13.1. The molecule has 0 saturated carbocycles. The second-order valence-corrected chi connectivity index (χ2v) is 6.73. The van der Waals surface area contributed by atoms with E-state index >= 15 is 0 Å². The largest absolute Gasteiger partial charge is 0.416 e. The van der Waals surface area contributed by atoms with Gasteiger partial charge in [-0.05, 0) is 55.2 Å². The summed E-state index contributed by atoms with van der Waals surface area (Å²) in [6.07, 6.45) is -3.02. The number of halogens is 3. The van der Waals surface area contributed by atoms with Crippen molar-refractivity contribution in [2.24, 2.45) is 0 Å². The van der Waals surface area contributed by atoms with E-state index < -0.39 is 11.7 Å². The Bertz CT molecular complexity index is 989. The Morgan fingerprint density at radius 1 is 1.26 bits per heavy atom. The lowest BCUT2D eigenvalue weighted by molar-refractivity contribution is -0.137. The van der Waals surface area contributed by atoms with Crippen LogP contribution in [0.15, 0.2) is 36.4 Å². The van der Waals surface area contributed by atoms with E-state index in [4.69, 9.17) is 4.74 Å². The molecule has 0 spiro atoms. The minimum atomic E-state index is -4.42. The van der Waals surface area contributed by atoms with Gasteiger partial charge < -0.3 is 9.84 Å². The summed E-state index contributed by atoms with van der Waals surface area (Å²) in [5.41, 5.74) is 2.56. The maximum Gasteiger partial charge on any atom is 0.416 e. The molecule has 0 radical (unpaired) electrons. The van der Waals surface area contributed by atoms with E-state index in [2.05, 4.69) is 4.98 Å². The smallest absolute Gasteiger partial charge is 0.392 e. The van der Waals surface area contributed by atoms with Crippen LogP contribution in [0.25, 0.3) is 16.7 Å². The molecule has 0 bridgehead atoms. The Labute approximate surface area is 154 Å². The van der Waals surface area contributed by atoms with Gasteiger partial charge in [-0.25, -0.2) is 4.98 Å². The molecule has 1 unspecified atom stereocenters. The lowest BCUT2D eigenvalue weighted by atomic mass is 10.1. The number of aliphatic hydroxyl groups excluding tert-OH is 1. The Kier molecular flexibility index (Phi) is 4.44. The zero-order valence-electron chi connectivity index (χ0n) is 14.8. The molecule has 1 fully saturated rings. The number of fused-ring (bicyclic) bond motifs is 1. The molecule has 1 aliphatic heterocycles. The average Bonchev–Trinajstić information content (AvgIpc) is 3.28. The van der Waals surface area contributed by atoms with Crippen LogP contribution in [-0.2, 0) is 17.5 Å². The monoisotopic (exact) mass is 376 g/mol. The van der Waals surface area contributed by atoms with Crippen LogP contribution in [-0.4, -0.2) is 21.3 Å². The fraction of sp³-hybridized carbons (Fsp3) is 0.350. The SMILES string of the molecule is Cc1c(CO)cccc1-n1c(C2CCCO2)nc2cc(C(F)(F)F)ccc21. The van der Waals surface area contributed by atoms with Crippen LogP contribution < -0.4 is 0 Å². The zero-order valence-corrected chi connectivity index (χ0v) is 14.8. The number of hydrogen-bond acceptors (Lipinski definition) is 3. The van der Waals surface area contributed by atoms with Crippen LogP contribution in [0, 0.1) is 6.92 Å². The molecule has 27 heavy (non-hydrogen) atoms. The van der Waals surface area contributed by atoms with E-state index in [9.17, 15) is 18.3 Å². The summed E-state index contributed by atoms with van der Waals surface area (Å²) in [5, 5.41) is 9.59. The number of hydrogen-bond donors (Lipinski definition) is 1. The normalized spacial score (nSPS) is 17.7. The molecule has 1 aromatic heterocycles. The number of aliphatic hydroxyl groups is 1. The molecule has 2 heterocycles. The van der Waals surface area contributed by atoms with Crippen molar-refractivity contribution >= 4 is 11.0 Å². The second-order valence-electron chi connectivity index (χ2n) is 6.73. The fourth-order valence-electron chi connectivity index (χ4n) is 3.61. The zero-order chi connectivity index (χ0) is 19.2. The van der Waals surface area contributed by atoms with Gasteiger partial charge in [0, 0.05) is 6.61 Å². The van der Waals surface area contributed by atoms with Gasteiger partial charge in [-0.15, -0.1) is 0 Å². The molecular formula is C20H19F3N2O2. The van der Waals surface area contributed by atoms with Gasteiger partial charge in [0.15, 0.2) is 0 Å². The maximum atomic E-state index is 13.1. The van der Waals surface area contributed by atoms with E-state index in [0.717, 1.165) is 41.8 Å². The number of benzene rings is 2. The number of imidazole rings is 1. The van der Waals surface area contributed by atoms with E-state index in [1.54, 1.807) is 0 Å². The first-order chi connectivity index (χ1) is 12.9. The molecule has 4 rings (SSSR count). The lowest BCUT2D eigenvalue weighted by Crippen LogP contribution is -2.09. The molecule has 7 heteroatoms. The summed E-state index contributed by atoms with van der Waals surface area (Å²) in [6, 6.07) is 9.13. The molecule has 0 aliphatic carbocycles. The molecule has 1 atom stereocenters. The van der Waals surface area contributed by atoms with Gasteiger partial charge >= 0.3 is 6.18 Å². The van der Waals surface area contributed by atoms with E-state index in [1.165, 1.54) is 6.07 Å². The van der Waals surface area contributed by atoms with E-state index in [-0.39, 0.29) is 18.2 Å². The highest BCUT2D eigenvalue weighted by atomic mass is 19.4. The Balaban J connectivity index is 1.98. The minimum absolute atomic E-state index is 0.111. The average molecular weight is 376 g/mol. The van der Waals surface area contributed by atoms with Crippen LogP contribution in [0.1, 0.15) is 41.5 Å². The fourth-order valence-corrected chi connectivity index (χ4v) is 3.61. The summed E-state index contributed by atoms with van der Waals surface area (Å²) < 4.78 is 47.0. The topological polar surface area (TPSA) is 47.3 Å². The van der Waals surface area contributed by atoms with Crippen molar-refractivity contribution < 1.29 is 23.0 Å². The lowest BCUT2D eigenvalue weighted by Gasteiger charge is -2.17. The third kappa shape index (κ3) is 3.11. The summed E-state index contributed by atoms with van der Waals surface area (Å²) in [7, 11) is 0. The van der Waals surface area contributed by atoms with Gasteiger partial charge in [-0.1, -0.05) is 12.1 Å². The molecular weight excluding hydrogens is 357 g/mol. The number of rotatable bonds is 3. The van der Waals surface area contributed by atoms with Crippen molar-refractivity contribution in [3.8, 4) is 5.69 Å². The van der Waals surface area contributed by atoms with E-state index in [1.807, 2.05) is 29.7 Å². The Hall–Kier alpha value is -2.38. The molecule has 3 aromatic rings. The first-order valence-electron chi connectivity index (χ1n) is 8.81. The van der Waals surface area contributed by atoms with Crippen molar-refractivity contribution in [1.82, 2.24) is 9.55 Å². The van der Waals surface area contributed by atoms with Crippen molar-refractivity contribution in [2.45, 2.75) is 38.7 Å². The number of aromatic nitrogens is 2. The van der Waals surface area contributed by atoms with Gasteiger partial charge in [-0.3, -0.25) is 4.57 Å². The van der Waals surface area contributed by atoms with Gasteiger partial charge in [-0.2, -0.15) is 13.2 Å². The minimum Gasteiger partial charge on any atom is -0.392 e. The van der Waals surface area contributed by atoms with Crippen LogP contribution >= 0.6 is 0 Å². The highest BCUT2D eigenvalue weighted by molar-refractivity contribution is 5.80. The quantitative estimate of drug-likeness (QED) is 0.721. The van der Waals surface area contributed by atoms with Crippen molar-refractivity contribution in [2.75, 3.05) is 6.61 Å². The standard InChI is InChI=1S/C20H19F3N2O2/c1-12-13(11-26)4-2-5-16(12)25-17-8-7-14(20(21,22)23)10-15(17)24-19(25)18-6-3-9-27-18/h2,4-5,7-8,10,18,26H,3,6,9,11H2,1H3. The summed E-state index contributed by atoms with van der Waals surface area (Å²) in [4.78, 5) is 4.52. The van der Waals surface area contributed by atoms with Crippen LogP contribution in [0.2, 0.25) is 0 Å². The van der Waals surface area contributed by atoms with Crippen LogP contribution in [0.4, 0.5) is 13.2 Å². The van der Waals surface area contributed by atoms with Crippen molar-refractivity contribution in [3.05, 3.63) is 58.9 Å². The third-order valence-corrected chi connectivity index (χ3v) is 5.05. The predicted molar refractivity (Wildman–Crippen MR) is 94.7 cm³/mol. The highest BCUT2D eigenvalue weighted by Crippen LogP contribution is 2.36. The molecule has 142 valence electrons. The molecule has 0 amide bonds.